The monoisotopic (exact) mass is 331 g/mol. The fraction of sp³-hybridized carbons (Fsp3) is 0.333. The maximum atomic E-state index is 5.68. The number of nitrogens with zero attached hydrogens (tertiary/aromatic N) is 2. The van der Waals surface area contributed by atoms with Crippen molar-refractivity contribution in [3.8, 4) is 11.4 Å². The Balaban J connectivity index is 0.00000162. The second-order valence-corrected chi connectivity index (χ2v) is 5.44. The van der Waals surface area contributed by atoms with E-state index in [0.717, 1.165) is 10.0 Å². The average molecular weight is 333 g/mol. The average Bonchev–Trinajstić information content (AvgIpc) is 2.79. The molecule has 0 saturated carbocycles. The second-order valence-electron chi connectivity index (χ2n) is 4.52. The first-order chi connectivity index (χ1) is 8.03. The standard InChI is InChI=1S/C12H14BrN3O.ClH/c1-12(2,7-14)11-15-10(16-17-11)8-4-3-5-9(13)6-8;/h3-6H,7,14H2,1-2H3;1H. The molecule has 0 saturated heterocycles. The van der Waals surface area contributed by atoms with Crippen molar-refractivity contribution in [3.63, 3.8) is 0 Å². The summed E-state index contributed by atoms with van der Waals surface area (Å²) in [6, 6.07) is 7.77. The van der Waals surface area contributed by atoms with Gasteiger partial charge in [-0.25, -0.2) is 0 Å². The lowest BCUT2D eigenvalue weighted by Crippen LogP contribution is -2.28. The van der Waals surface area contributed by atoms with Crippen LogP contribution in [-0.2, 0) is 5.41 Å². The molecule has 0 aliphatic heterocycles. The van der Waals surface area contributed by atoms with Gasteiger partial charge in [0, 0.05) is 16.6 Å². The highest BCUT2D eigenvalue weighted by molar-refractivity contribution is 9.10. The molecule has 2 N–H and O–H groups in total. The maximum absolute atomic E-state index is 5.68. The van der Waals surface area contributed by atoms with Crippen molar-refractivity contribution in [1.29, 1.82) is 0 Å². The first-order valence-corrected chi connectivity index (χ1v) is 6.12. The van der Waals surface area contributed by atoms with E-state index in [2.05, 4.69) is 26.1 Å². The number of halogens is 2. The summed E-state index contributed by atoms with van der Waals surface area (Å²) in [6.07, 6.45) is 0. The molecule has 98 valence electrons. The minimum Gasteiger partial charge on any atom is -0.338 e. The maximum Gasteiger partial charge on any atom is 0.233 e. The fourth-order valence-electron chi connectivity index (χ4n) is 1.33. The summed E-state index contributed by atoms with van der Waals surface area (Å²) in [5.41, 5.74) is 6.30. The molecule has 1 aromatic carbocycles. The van der Waals surface area contributed by atoms with Crippen molar-refractivity contribution in [2.75, 3.05) is 6.54 Å². The van der Waals surface area contributed by atoms with Gasteiger partial charge in [0.1, 0.15) is 0 Å². The van der Waals surface area contributed by atoms with Crippen LogP contribution in [0.5, 0.6) is 0 Å². The van der Waals surface area contributed by atoms with Gasteiger partial charge in [-0.3, -0.25) is 0 Å². The van der Waals surface area contributed by atoms with Crippen LogP contribution in [0, 0.1) is 0 Å². The highest BCUT2D eigenvalue weighted by Crippen LogP contribution is 2.24. The van der Waals surface area contributed by atoms with Crippen molar-refractivity contribution in [1.82, 2.24) is 10.1 Å². The predicted octanol–water partition coefficient (Wildman–Crippen LogP) is 3.16. The number of hydrogen-bond acceptors (Lipinski definition) is 4. The molecule has 0 amide bonds. The van der Waals surface area contributed by atoms with Gasteiger partial charge < -0.3 is 10.3 Å². The third kappa shape index (κ3) is 3.10. The van der Waals surface area contributed by atoms with Gasteiger partial charge in [0.2, 0.25) is 11.7 Å². The molecule has 2 rings (SSSR count). The van der Waals surface area contributed by atoms with Crippen LogP contribution in [0.4, 0.5) is 0 Å². The Kier molecular flexibility index (Phi) is 4.90. The molecule has 0 fully saturated rings. The van der Waals surface area contributed by atoms with Crippen LogP contribution in [0.25, 0.3) is 11.4 Å². The van der Waals surface area contributed by atoms with Crippen LogP contribution >= 0.6 is 28.3 Å². The molecule has 1 aromatic heterocycles. The molecule has 0 aliphatic carbocycles. The van der Waals surface area contributed by atoms with Crippen LogP contribution < -0.4 is 5.73 Å². The summed E-state index contributed by atoms with van der Waals surface area (Å²) < 4.78 is 6.24. The second kappa shape index (κ2) is 5.82. The van der Waals surface area contributed by atoms with E-state index in [1.54, 1.807) is 0 Å². The molecular weight excluding hydrogens is 318 g/mol. The summed E-state index contributed by atoms with van der Waals surface area (Å²) in [4.78, 5) is 4.39. The van der Waals surface area contributed by atoms with E-state index in [1.165, 1.54) is 0 Å². The van der Waals surface area contributed by atoms with Gasteiger partial charge in [-0.2, -0.15) is 4.98 Å². The lowest BCUT2D eigenvalue weighted by Gasteiger charge is -2.15. The van der Waals surface area contributed by atoms with Crippen molar-refractivity contribution >= 4 is 28.3 Å². The highest BCUT2D eigenvalue weighted by atomic mass is 79.9. The van der Waals surface area contributed by atoms with E-state index in [-0.39, 0.29) is 17.8 Å². The van der Waals surface area contributed by atoms with E-state index in [0.29, 0.717) is 18.3 Å². The van der Waals surface area contributed by atoms with Crippen LogP contribution in [0.3, 0.4) is 0 Å². The fourth-order valence-corrected chi connectivity index (χ4v) is 1.73. The minimum atomic E-state index is -0.294. The lowest BCUT2D eigenvalue weighted by molar-refractivity contribution is 0.311. The topological polar surface area (TPSA) is 64.9 Å². The van der Waals surface area contributed by atoms with E-state index in [4.69, 9.17) is 10.3 Å². The quantitative estimate of drug-likeness (QED) is 0.937. The lowest BCUT2D eigenvalue weighted by atomic mass is 9.94. The summed E-state index contributed by atoms with van der Waals surface area (Å²) in [5.74, 6) is 1.15. The molecule has 0 radical (unpaired) electrons. The largest absolute Gasteiger partial charge is 0.338 e. The van der Waals surface area contributed by atoms with Gasteiger partial charge in [-0.15, -0.1) is 12.4 Å². The Morgan fingerprint density at radius 1 is 1.39 bits per heavy atom. The third-order valence-electron chi connectivity index (χ3n) is 2.60. The minimum absolute atomic E-state index is 0. The normalized spacial score (nSPS) is 11.1. The van der Waals surface area contributed by atoms with E-state index in [1.807, 2.05) is 38.1 Å². The number of rotatable bonds is 3. The summed E-state index contributed by atoms with van der Waals surface area (Å²) in [7, 11) is 0. The van der Waals surface area contributed by atoms with Crippen molar-refractivity contribution < 1.29 is 4.52 Å². The number of hydrogen-bond donors (Lipinski definition) is 1. The molecule has 0 spiro atoms. The van der Waals surface area contributed by atoms with Crippen molar-refractivity contribution in [2.24, 2.45) is 5.73 Å². The number of benzene rings is 1. The molecular formula is C12H15BrClN3O. The number of nitrogens with two attached hydrogens (primary N) is 1. The van der Waals surface area contributed by atoms with Gasteiger partial charge in [0.25, 0.3) is 0 Å². The van der Waals surface area contributed by atoms with E-state index >= 15 is 0 Å². The van der Waals surface area contributed by atoms with Gasteiger partial charge in [-0.1, -0.05) is 33.2 Å². The first-order valence-electron chi connectivity index (χ1n) is 5.33. The van der Waals surface area contributed by atoms with Gasteiger partial charge in [0.05, 0.1) is 5.41 Å². The molecule has 0 unspecified atom stereocenters. The molecule has 0 bridgehead atoms. The van der Waals surface area contributed by atoms with Crippen LogP contribution in [-0.4, -0.2) is 16.7 Å². The van der Waals surface area contributed by atoms with Crippen LogP contribution in [0.1, 0.15) is 19.7 Å². The Morgan fingerprint density at radius 3 is 2.72 bits per heavy atom. The zero-order valence-electron chi connectivity index (χ0n) is 10.2. The first kappa shape index (κ1) is 15.1. The highest BCUT2D eigenvalue weighted by Gasteiger charge is 2.26. The van der Waals surface area contributed by atoms with Crippen molar-refractivity contribution in [3.05, 3.63) is 34.6 Å². The van der Waals surface area contributed by atoms with Gasteiger partial charge >= 0.3 is 0 Å². The molecule has 6 heteroatoms. The Hall–Kier alpha value is -0.910. The number of aromatic nitrogens is 2. The van der Waals surface area contributed by atoms with E-state index in [9.17, 15) is 0 Å². The summed E-state index contributed by atoms with van der Waals surface area (Å²) >= 11 is 3.41. The van der Waals surface area contributed by atoms with Crippen LogP contribution in [0.2, 0.25) is 0 Å². The SMILES string of the molecule is CC(C)(CN)c1nc(-c2cccc(Br)c2)no1.Cl. The van der Waals surface area contributed by atoms with Gasteiger partial charge in [0.15, 0.2) is 0 Å². The molecule has 0 atom stereocenters. The molecule has 0 aliphatic rings. The smallest absolute Gasteiger partial charge is 0.233 e. The zero-order chi connectivity index (χ0) is 12.5. The molecule has 4 nitrogen and oxygen atoms in total. The Morgan fingerprint density at radius 2 is 2.11 bits per heavy atom. The van der Waals surface area contributed by atoms with Crippen molar-refractivity contribution in [2.45, 2.75) is 19.3 Å². The molecule has 18 heavy (non-hydrogen) atoms. The zero-order valence-corrected chi connectivity index (χ0v) is 12.6. The summed E-state index contributed by atoms with van der Waals surface area (Å²) in [6.45, 7) is 4.42. The predicted molar refractivity (Wildman–Crippen MR) is 76.8 cm³/mol. The third-order valence-corrected chi connectivity index (χ3v) is 3.09. The van der Waals surface area contributed by atoms with Crippen LogP contribution in [0.15, 0.2) is 33.3 Å². The van der Waals surface area contributed by atoms with E-state index < -0.39 is 0 Å². The molecule has 2 aromatic rings. The molecule has 1 heterocycles. The Bertz CT molecular complexity index is 528. The van der Waals surface area contributed by atoms with Gasteiger partial charge in [-0.05, 0) is 26.0 Å². The Labute approximate surface area is 120 Å². The summed E-state index contributed by atoms with van der Waals surface area (Å²) in [5, 5.41) is 3.98.